The van der Waals surface area contributed by atoms with E-state index in [4.69, 9.17) is 0 Å². The Bertz CT molecular complexity index is 1330. The van der Waals surface area contributed by atoms with Gasteiger partial charge in [0.15, 0.2) is 0 Å². The van der Waals surface area contributed by atoms with Crippen molar-refractivity contribution in [1.29, 1.82) is 0 Å². The molecule has 1 N–H and O–H groups in total. The summed E-state index contributed by atoms with van der Waals surface area (Å²) in [5.41, 5.74) is 1.09. The second-order valence-corrected chi connectivity index (χ2v) is 8.75. The summed E-state index contributed by atoms with van der Waals surface area (Å²) in [6.07, 6.45) is 8.34. The summed E-state index contributed by atoms with van der Waals surface area (Å²) in [6.45, 7) is 2.17. The van der Waals surface area contributed by atoms with E-state index < -0.39 is 5.82 Å². The number of thiophene rings is 1. The molecule has 0 aliphatic carbocycles. The first-order chi connectivity index (χ1) is 15.6. The summed E-state index contributed by atoms with van der Waals surface area (Å²) in [7, 11) is 0. The molecule has 1 aliphatic heterocycles. The molecule has 8 nitrogen and oxygen atoms in total. The van der Waals surface area contributed by atoms with E-state index in [1.807, 2.05) is 10.8 Å². The van der Waals surface area contributed by atoms with E-state index in [0.717, 1.165) is 23.4 Å². The van der Waals surface area contributed by atoms with Gasteiger partial charge in [-0.1, -0.05) is 12.1 Å². The summed E-state index contributed by atoms with van der Waals surface area (Å²) in [5, 5.41) is 3.29. The number of carbonyl (C=O) groups is 1. The lowest BCUT2D eigenvalue weighted by Gasteiger charge is -2.27. The van der Waals surface area contributed by atoms with Gasteiger partial charge in [0.2, 0.25) is 0 Å². The molecule has 2 amide bonds. The molecule has 0 saturated heterocycles. The minimum atomic E-state index is -0.474. The lowest BCUT2D eigenvalue weighted by molar-refractivity contribution is 0.207. The van der Waals surface area contributed by atoms with Crippen molar-refractivity contribution in [2.24, 2.45) is 0 Å². The van der Waals surface area contributed by atoms with Crippen molar-refractivity contribution in [3.63, 3.8) is 0 Å². The number of halogens is 1. The molecular formula is C22H21FN6O2S. The van der Waals surface area contributed by atoms with Crippen LogP contribution in [-0.2, 0) is 26.1 Å². The number of benzene rings is 1. The van der Waals surface area contributed by atoms with E-state index in [1.54, 1.807) is 40.5 Å². The average molecular weight is 453 g/mol. The molecule has 4 aromatic rings. The molecule has 3 aromatic heterocycles. The largest absolute Gasteiger partial charge is 0.337 e. The van der Waals surface area contributed by atoms with E-state index in [-0.39, 0.29) is 17.3 Å². The first-order valence-corrected chi connectivity index (χ1v) is 11.2. The molecule has 4 heterocycles. The van der Waals surface area contributed by atoms with Gasteiger partial charge in [0.05, 0.1) is 30.3 Å². The van der Waals surface area contributed by atoms with Crippen LogP contribution in [0.3, 0.4) is 0 Å². The highest BCUT2D eigenvalue weighted by Gasteiger charge is 2.26. The molecule has 0 atom stereocenters. The van der Waals surface area contributed by atoms with Gasteiger partial charge in [-0.25, -0.2) is 19.2 Å². The molecule has 5 rings (SSSR count). The van der Waals surface area contributed by atoms with Crippen molar-refractivity contribution < 1.29 is 9.18 Å². The number of hydrogen-bond acceptors (Lipinski definition) is 5. The van der Waals surface area contributed by atoms with Crippen LogP contribution in [0.5, 0.6) is 0 Å². The second kappa shape index (κ2) is 8.54. The number of aryl methyl sites for hydroxylation is 2. The van der Waals surface area contributed by atoms with Gasteiger partial charge in [-0.15, -0.1) is 11.3 Å². The monoisotopic (exact) mass is 452 g/mol. The smallest absolute Gasteiger partial charge is 0.322 e. The predicted molar refractivity (Wildman–Crippen MR) is 120 cm³/mol. The molecule has 0 saturated carbocycles. The van der Waals surface area contributed by atoms with Crippen LogP contribution in [0.25, 0.3) is 10.2 Å². The van der Waals surface area contributed by atoms with Crippen LogP contribution in [-0.4, -0.2) is 36.6 Å². The number of urea groups is 1. The number of hydrogen-bond donors (Lipinski definition) is 1. The van der Waals surface area contributed by atoms with Crippen molar-refractivity contribution in [1.82, 2.24) is 24.0 Å². The van der Waals surface area contributed by atoms with Crippen molar-refractivity contribution in [2.45, 2.75) is 32.5 Å². The van der Waals surface area contributed by atoms with Crippen LogP contribution in [0.15, 0.2) is 54.1 Å². The van der Waals surface area contributed by atoms with Gasteiger partial charge < -0.3 is 14.8 Å². The zero-order valence-corrected chi connectivity index (χ0v) is 18.0. The zero-order valence-electron chi connectivity index (χ0n) is 17.2. The van der Waals surface area contributed by atoms with Crippen LogP contribution in [0.1, 0.15) is 16.9 Å². The molecule has 0 unspecified atom stereocenters. The predicted octanol–water partition coefficient (Wildman–Crippen LogP) is 3.47. The van der Waals surface area contributed by atoms with Crippen LogP contribution in [0, 0.1) is 5.82 Å². The van der Waals surface area contributed by atoms with Gasteiger partial charge in [0, 0.05) is 36.9 Å². The Kier molecular flexibility index (Phi) is 5.44. The number of para-hydroxylation sites is 1. The highest BCUT2D eigenvalue weighted by Crippen LogP contribution is 2.32. The fourth-order valence-corrected chi connectivity index (χ4v) is 5.14. The molecule has 0 fully saturated rings. The summed E-state index contributed by atoms with van der Waals surface area (Å²) >= 11 is 1.44. The Morgan fingerprint density at radius 1 is 1.22 bits per heavy atom. The number of anilines is 1. The first kappa shape index (κ1) is 20.4. The molecule has 0 radical (unpaired) electrons. The van der Waals surface area contributed by atoms with E-state index >= 15 is 0 Å². The SMILES string of the molecule is O=C(Nc1ccccc1F)N1CCc2c(sc3ncn(CCCn4ccnc4)c(=O)c23)C1. The number of amides is 2. The highest BCUT2D eigenvalue weighted by molar-refractivity contribution is 7.18. The van der Waals surface area contributed by atoms with Gasteiger partial charge in [0.1, 0.15) is 10.6 Å². The van der Waals surface area contributed by atoms with E-state index in [0.29, 0.717) is 36.3 Å². The summed E-state index contributed by atoms with van der Waals surface area (Å²) in [5.74, 6) is -0.474. The third kappa shape index (κ3) is 3.89. The molecule has 1 aliphatic rings. The Morgan fingerprint density at radius 3 is 2.91 bits per heavy atom. The Morgan fingerprint density at radius 2 is 2.09 bits per heavy atom. The normalized spacial score (nSPS) is 13.3. The van der Waals surface area contributed by atoms with Crippen molar-refractivity contribution in [2.75, 3.05) is 11.9 Å². The zero-order chi connectivity index (χ0) is 22.1. The number of fused-ring (bicyclic) bond motifs is 3. The van der Waals surface area contributed by atoms with Gasteiger partial charge in [0.25, 0.3) is 5.56 Å². The van der Waals surface area contributed by atoms with Gasteiger partial charge in [-0.2, -0.15) is 0 Å². The lowest BCUT2D eigenvalue weighted by Crippen LogP contribution is -2.38. The minimum absolute atomic E-state index is 0.0395. The molecule has 164 valence electrons. The lowest BCUT2D eigenvalue weighted by atomic mass is 10.1. The summed E-state index contributed by atoms with van der Waals surface area (Å²) in [4.78, 5) is 37.6. The van der Waals surface area contributed by atoms with Crippen molar-refractivity contribution >= 4 is 33.3 Å². The molecular weight excluding hydrogens is 431 g/mol. The average Bonchev–Trinajstić information content (AvgIpc) is 3.44. The van der Waals surface area contributed by atoms with Crippen LogP contribution in [0.2, 0.25) is 0 Å². The maximum absolute atomic E-state index is 13.9. The maximum Gasteiger partial charge on any atom is 0.322 e. The number of imidazole rings is 1. The fourth-order valence-electron chi connectivity index (χ4n) is 3.95. The third-order valence-corrected chi connectivity index (χ3v) is 6.73. The number of nitrogens with zero attached hydrogens (tertiary/aromatic N) is 5. The second-order valence-electron chi connectivity index (χ2n) is 7.66. The number of carbonyl (C=O) groups excluding carboxylic acids is 1. The van der Waals surface area contributed by atoms with Gasteiger partial charge in [-0.3, -0.25) is 9.36 Å². The quantitative estimate of drug-likeness (QED) is 0.503. The Hall–Kier alpha value is -3.53. The molecule has 0 spiro atoms. The summed E-state index contributed by atoms with van der Waals surface area (Å²) < 4.78 is 17.5. The third-order valence-electron chi connectivity index (χ3n) is 5.60. The number of rotatable bonds is 5. The molecule has 10 heteroatoms. The number of aromatic nitrogens is 4. The highest BCUT2D eigenvalue weighted by atomic mass is 32.1. The van der Waals surface area contributed by atoms with Gasteiger partial charge in [-0.05, 0) is 30.5 Å². The van der Waals surface area contributed by atoms with E-state index in [2.05, 4.69) is 15.3 Å². The van der Waals surface area contributed by atoms with E-state index in [9.17, 15) is 14.0 Å². The maximum atomic E-state index is 13.9. The number of nitrogens with one attached hydrogen (secondary N) is 1. The van der Waals surface area contributed by atoms with Gasteiger partial charge >= 0.3 is 6.03 Å². The van der Waals surface area contributed by atoms with Crippen LogP contribution < -0.4 is 10.9 Å². The minimum Gasteiger partial charge on any atom is -0.337 e. The Labute approximate surface area is 187 Å². The van der Waals surface area contributed by atoms with Crippen LogP contribution >= 0.6 is 11.3 Å². The molecule has 0 bridgehead atoms. The standard InChI is InChI=1S/C22H21FN6O2S/c23-16-4-1-2-5-17(16)26-22(31)28-10-6-15-18(12-28)32-20-19(15)21(30)29(14-25-20)9-3-8-27-11-7-24-13-27/h1-2,4-5,7,11,13-14H,3,6,8-10,12H2,(H,26,31). The Balaban J connectivity index is 1.32. The van der Waals surface area contributed by atoms with Crippen LogP contribution in [0.4, 0.5) is 14.9 Å². The van der Waals surface area contributed by atoms with E-state index in [1.165, 1.54) is 23.5 Å². The molecule has 32 heavy (non-hydrogen) atoms. The van der Waals surface area contributed by atoms with Crippen molar-refractivity contribution in [3.05, 3.63) is 75.9 Å². The summed E-state index contributed by atoms with van der Waals surface area (Å²) in [6, 6.07) is 5.73. The first-order valence-electron chi connectivity index (χ1n) is 10.4. The topological polar surface area (TPSA) is 85.1 Å². The fraction of sp³-hybridized carbons (Fsp3) is 0.273. The molecule has 1 aromatic carbocycles. The van der Waals surface area contributed by atoms with Crippen molar-refractivity contribution in [3.8, 4) is 0 Å².